The molecule has 0 saturated carbocycles. The Bertz CT molecular complexity index is 637. The number of carbonyl (C=O) groups excluding carboxylic acids is 1. The average Bonchev–Trinajstić information content (AvgIpc) is 2.45. The summed E-state index contributed by atoms with van der Waals surface area (Å²) in [4.78, 5) is 30.0. The molecule has 6 heteroatoms. The van der Waals surface area contributed by atoms with Gasteiger partial charge in [-0.2, -0.15) is 0 Å². The van der Waals surface area contributed by atoms with Crippen molar-refractivity contribution in [1.29, 1.82) is 0 Å². The fourth-order valence-corrected chi connectivity index (χ4v) is 1.54. The Kier molecular flexibility index (Phi) is 3.92. The average molecular weight is 259 g/mol. The first kappa shape index (κ1) is 12.8. The third-order valence-corrected chi connectivity index (χ3v) is 2.53. The second kappa shape index (κ2) is 5.81. The number of nitrogens with one attached hydrogen (secondary N) is 2. The van der Waals surface area contributed by atoms with Gasteiger partial charge in [0.15, 0.2) is 5.43 Å². The fraction of sp³-hybridized carbons (Fsp3) is 0.154. The maximum atomic E-state index is 11.8. The molecule has 0 aromatic carbocycles. The van der Waals surface area contributed by atoms with Gasteiger partial charge < -0.3 is 15.0 Å². The first-order valence-electron chi connectivity index (χ1n) is 5.65. The van der Waals surface area contributed by atoms with Crippen LogP contribution in [0.4, 0.5) is 0 Å². The van der Waals surface area contributed by atoms with Crippen LogP contribution >= 0.6 is 0 Å². The summed E-state index contributed by atoms with van der Waals surface area (Å²) in [6.45, 7) is 0.298. The predicted molar refractivity (Wildman–Crippen MR) is 69.0 cm³/mol. The molecule has 2 heterocycles. The highest BCUT2D eigenvalue weighted by Crippen LogP contribution is 2.08. The predicted octanol–water partition coefficient (Wildman–Crippen LogP) is 0.709. The van der Waals surface area contributed by atoms with Crippen LogP contribution in [0.2, 0.25) is 0 Å². The quantitative estimate of drug-likeness (QED) is 0.847. The molecule has 2 aromatic heterocycles. The van der Waals surface area contributed by atoms with Crippen molar-refractivity contribution in [1.82, 2.24) is 15.3 Å². The molecule has 2 aromatic rings. The van der Waals surface area contributed by atoms with Crippen molar-refractivity contribution in [3.8, 4) is 5.88 Å². The van der Waals surface area contributed by atoms with Gasteiger partial charge in [-0.25, -0.2) is 4.98 Å². The van der Waals surface area contributed by atoms with Crippen LogP contribution in [-0.4, -0.2) is 23.0 Å². The molecule has 0 aliphatic heterocycles. The lowest BCUT2D eigenvalue weighted by Crippen LogP contribution is -2.28. The molecule has 2 rings (SSSR count). The van der Waals surface area contributed by atoms with E-state index in [1.807, 2.05) is 0 Å². The first-order valence-corrected chi connectivity index (χ1v) is 5.65. The topological polar surface area (TPSA) is 84.1 Å². The number of aromatic nitrogens is 2. The highest BCUT2D eigenvalue weighted by atomic mass is 16.5. The molecule has 0 atom stereocenters. The third-order valence-electron chi connectivity index (χ3n) is 2.53. The Morgan fingerprint density at radius 3 is 3.05 bits per heavy atom. The summed E-state index contributed by atoms with van der Waals surface area (Å²) in [6, 6.07) is 4.79. The smallest absolute Gasteiger partial charge is 0.257 e. The number of hydrogen-bond acceptors (Lipinski definition) is 4. The third kappa shape index (κ3) is 3.19. The molecule has 0 aliphatic carbocycles. The van der Waals surface area contributed by atoms with Crippen molar-refractivity contribution in [2.75, 3.05) is 7.11 Å². The summed E-state index contributed by atoms with van der Waals surface area (Å²) < 4.78 is 4.99. The molecule has 98 valence electrons. The molecule has 0 saturated heterocycles. The minimum Gasteiger partial charge on any atom is -0.481 e. The van der Waals surface area contributed by atoms with Crippen molar-refractivity contribution in [2.45, 2.75) is 6.54 Å². The van der Waals surface area contributed by atoms with Gasteiger partial charge in [0.1, 0.15) is 5.56 Å². The van der Waals surface area contributed by atoms with E-state index in [0.717, 1.165) is 5.56 Å². The minimum atomic E-state index is -0.419. The largest absolute Gasteiger partial charge is 0.481 e. The molecule has 0 unspecified atom stereocenters. The first-order chi connectivity index (χ1) is 9.20. The van der Waals surface area contributed by atoms with Gasteiger partial charge in [0.25, 0.3) is 5.91 Å². The highest BCUT2D eigenvalue weighted by Gasteiger charge is 2.08. The molecular formula is C13H13N3O3. The lowest BCUT2D eigenvalue weighted by atomic mass is 10.2. The van der Waals surface area contributed by atoms with Gasteiger partial charge in [-0.3, -0.25) is 9.59 Å². The van der Waals surface area contributed by atoms with E-state index in [0.29, 0.717) is 12.4 Å². The van der Waals surface area contributed by atoms with Crippen LogP contribution in [0.1, 0.15) is 15.9 Å². The normalized spacial score (nSPS) is 9.95. The minimum absolute atomic E-state index is 0.0866. The zero-order valence-electron chi connectivity index (χ0n) is 10.3. The van der Waals surface area contributed by atoms with Gasteiger partial charge in [0.2, 0.25) is 5.88 Å². The number of ether oxygens (including phenoxy) is 1. The van der Waals surface area contributed by atoms with Crippen molar-refractivity contribution >= 4 is 5.91 Å². The van der Waals surface area contributed by atoms with E-state index in [-0.39, 0.29) is 11.0 Å². The van der Waals surface area contributed by atoms with Gasteiger partial charge in [-0.15, -0.1) is 0 Å². The van der Waals surface area contributed by atoms with E-state index in [4.69, 9.17) is 4.74 Å². The summed E-state index contributed by atoms with van der Waals surface area (Å²) in [5.74, 6) is 0.0573. The molecule has 0 aliphatic rings. The van der Waals surface area contributed by atoms with E-state index in [2.05, 4.69) is 15.3 Å². The summed E-state index contributed by atoms with van der Waals surface area (Å²) >= 11 is 0. The second-order valence-electron chi connectivity index (χ2n) is 3.81. The zero-order valence-corrected chi connectivity index (χ0v) is 10.3. The number of rotatable bonds is 4. The fourth-order valence-electron chi connectivity index (χ4n) is 1.54. The van der Waals surface area contributed by atoms with Crippen LogP contribution in [0.25, 0.3) is 0 Å². The number of nitrogens with zero attached hydrogens (tertiary/aromatic N) is 1. The van der Waals surface area contributed by atoms with Crippen LogP contribution < -0.4 is 15.5 Å². The zero-order chi connectivity index (χ0) is 13.7. The Morgan fingerprint density at radius 2 is 2.32 bits per heavy atom. The van der Waals surface area contributed by atoms with Gasteiger partial charge in [0.05, 0.1) is 7.11 Å². The molecular weight excluding hydrogens is 246 g/mol. The summed E-state index contributed by atoms with van der Waals surface area (Å²) in [6.07, 6.45) is 4.45. The number of pyridine rings is 2. The monoisotopic (exact) mass is 259 g/mol. The number of methoxy groups -OCH3 is 1. The maximum absolute atomic E-state index is 11.8. The van der Waals surface area contributed by atoms with Crippen molar-refractivity contribution in [3.05, 3.63) is 58.1 Å². The molecule has 0 spiro atoms. The number of aromatic amines is 1. The van der Waals surface area contributed by atoms with E-state index in [1.165, 1.54) is 25.6 Å². The Morgan fingerprint density at radius 1 is 1.47 bits per heavy atom. The molecule has 0 bridgehead atoms. The van der Waals surface area contributed by atoms with E-state index in [1.54, 1.807) is 18.3 Å². The molecule has 6 nitrogen and oxygen atoms in total. The van der Waals surface area contributed by atoms with Crippen LogP contribution in [0.15, 0.2) is 41.6 Å². The van der Waals surface area contributed by atoms with E-state index < -0.39 is 5.91 Å². The molecule has 2 N–H and O–H groups in total. The Hall–Kier alpha value is -2.63. The Balaban J connectivity index is 2.04. The highest BCUT2D eigenvalue weighted by molar-refractivity contribution is 5.93. The standard InChI is InChI=1S/C13H13N3O3/c1-19-12-6-9(2-5-15-12)7-16-13(18)10-8-14-4-3-11(10)17/h2-6,8H,7H2,1H3,(H,14,17)(H,16,18). The second-order valence-corrected chi connectivity index (χ2v) is 3.81. The van der Waals surface area contributed by atoms with Gasteiger partial charge in [0, 0.05) is 37.3 Å². The number of hydrogen-bond donors (Lipinski definition) is 2. The number of amides is 1. The van der Waals surface area contributed by atoms with Crippen molar-refractivity contribution in [2.24, 2.45) is 0 Å². The Labute approximate surface area is 109 Å². The van der Waals surface area contributed by atoms with E-state index in [9.17, 15) is 9.59 Å². The molecule has 0 fully saturated rings. The van der Waals surface area contributed by atoms with Crippen molar-refractivity contribution < 1.29 is 9.53 Å². The summed E-state index contributed by atoms with van der Waals surface area (Å²) in [7, 11) is 1.52. The lowest BCUT2D eigenvalue weighted by Gasteiger charge is -2.05. The van der Waals surface area contributed by atoms with Crippen LogP contribution in [-0.2, 0) is 6.54 Å². The van der Waals surface area contributed by atoms with Crippen LogP contribution in [0, 0.1) is 0 Å². The van der Waals surface area contributed by atoms with Gasteiger partial charge in [-0.05, 0) is 11.6 Å². The maximum Gasteiger partial charge on any atom is 0.257 e. The number of carbonyl (C=O) groups is 1. The molecule has 19 heavy (non-hydrogen) atoms. The summed E-state index contributed by atoms with van der Waals surface area (Å²) in [5, 5.41) is 2.67. The summed E-state index contributed by atoms with van der Waals surface area (Å²) in [5.41, 5.74) is 0.611. The van der Waals surface area contributed by atoms with Crippen LogP contribution in [0.5, 0.6) is 5.88 Å². The van der Waals surface area contributed by atoms with Crippen LogP contribution in [0.3, 0.4) is 0 Å². The number of H-pyrrole nitrogens is 1. The van der Waals surface area contributed by atoms with Crippen molar-refractivity contribution in [3.63, 3.8) is 0 Å². The molecule has 1 amide bonds. The van der Waals surface area contributed by atoms with Gasteiger partial charge >= 0.3 is 0 Å². The lowest BCUT2D eigenvalue weighted by molar-refractivity contribution is 0.0949. The molecule has 0 radical (unpaired) electrons. The van der Waals surface area contributed by atoms with Gasteiger partial charge in [-0.1, -0.05) is 0 Å². The van der Waals surface area contributed by atoms with E-state index >= 15 is 0 Å². The SMILES string of the molecule is COc1cc(CNC(=O)c2c[nH]ccc2=O)ccn1.